The lowest BCUT2D eigenvalue weighted by Crippen LogP contribution is -2.00. The van der Waals surface area contributed by atoms with Crippen LogP contribution < -0.4 is 10.1 Å². The fraction of sp³-hybridized carbons (Fsp3) is 0.182. The van der Waals surface area contributed by atoms with E-state index in [9.17, 15) is 8.78 Å². The lowest BCUT2D eigenvalue weighted by atomic mass is 10.0. The molecule has 0 unspecified atom stereocenters. The van der Waals surface area contributed by atoms with Crippen molar-refractivity contribution in [2.75, 3.05) is 11.9 Å². The third-order valence-corrected chi connectivity index (χ3v) is 5.47. The highest BCUT2D eigenvalue weighted by molar-refractivity contribution is 7.19. The number of fused-ring (bicyclic) bond motifs is 1. The zero-order valence-electron chi connectivity index (χ0n) is 16.2. The van der Waals surface area contributed by atoms with E-state index in [0.717, 1.165) is 50.2 Å². The molecule has 0 saturated heterocycles. The summed E-state index contributed by atoms with van der Waals surface area (Å²) in [6.07, 6.45) is 0. The van der Waals surface area contributed by atoms with E-state index in [0.29, 0.717) is 18.2 Å². The van der Waals surface area contributed by atoms with Gasteiger partial charge in [0.2, 0.25) is 0 Å². The van der Waals surface area contributed by atoms with Gasteiger partial charge in [-0.15, -0.1) is 11.3 Å². The summed E-state index contributed by atoms with van der Waals surface area (Å²) in [4.78, 5) is 10.9. The molecule has 4 aromatic rings. The van der Waals surface area contributed by atoms with Gasteiger partial charge < -0.3 is 10.1 Å². The van der Waals surface area contributed by atoms with Gasteiger partial charge in [0.15, 0.2) is 0 Å². The summed E-state index contributed by atoms with van der Waals surface area (Å²) in [7, 11) is 0. The van der Waals surface area contributed by atoms with Crippen LogP contribution >= 0.6 is 11.3 Å². The number of halogens is 2. The zero-order valence-corrected chi connectivity index (χ0v) is 17.0. The van der Waals surface area contributed by atoms with E-state index < -0.39 is 11.6 Å². The Bertz CT molecular complexity index is 1190. The van der Waals surface area contributed by atoms with E-state index in [1.807, 2.05) is 38.1 Å². The molecule has 0 aliphatic carbocycles. The first-order valence-electron chi connectivity index (χ1n) is 9.19. The van der Waals surface area contributed by atoms with Crippen molar-refractivity contribution in [1.82, 2.24) is 9.97 Å². The number of aromatic nitrogens is 2. The SMILES string of the molecule is CCOc1ccc(-c2c(C)sc3nc(C)nc(Nc4cc(F)ccc4F)c23)cc1. The molecule has 0 spiro atoms. The highest BCUT2D eigenvalue weighted by Crippen LogP contribution is 2.42. The first-order valence-corrected chi connectivity index (χ1v) is 10.0. The molecule has 29 heavy (non-hydrogen) atoms. The molecule has 2 heterocycles. The number of ether oxygens (including phenoxy) is 1. The van der Waals surface area contributed by atoms with Crippen LogP contribution in [-0.2, 0) is 0 Å². The van der Waals surface area contributed by atoms with Crippen molar-refractivity contribution < 1.29 is 13.5 Å². The Morgan fingerprint density at radius 3 is 2.52 bits per heavy atom. The van der Waals surface area contributed by atoms with Crippen molar-refractivity contribution in [2.45, 2.75) is 20.8 Å². The van der Waals surface area contributed by atoms with E-state index in [2.05, 4.69) is 15.3 Å². The highest BCUT2D eigenvalue weighted by atomic mass is 32.1. The average molecular weight is 411 g/mol. The molecule has 4 rings (SSSR count). The maximum atomic E-state index is 14.2. The minimum Gasteiger partial charge on any atom is -0.494 e. The maximum absolute atomic E-state index is 14.2. The third kappa shape index (κ3) is 3.78. The molecule has 2 aromatic heterocycles. The number of nitrogens with one attached hydrogen (secondary N) is 1. The Morgan fingerprint density at radius 1 is 1.03 bits per heavy atom. The summed E-state index contributed by atoms with van der Waals surface area (Å²) in [5, 5.41) is 3.75. The molecule has 0 aliphatic rings. The minimum absolute atomic E-state index is 0.0332. The molecule has 0 saturated carbocycles. The van der Waals surface area contributed by atoms with Crippen LogP contribution in [0.3, 0.4) is 0 Å². The van der Waals surface area contributed by atoms with Gasteiger partial charge in [-0.1, -0.05) is 12.1 Å². The fourth-order valence-corrected chi connectivity index (χ4v) is 4.35. The van der Waals surface area contributed by atoms with Gasteiger partial charge in [0, 0.05) is 16.5 Å². The summed E-state index contributed by atoms with van der Waals surface area (Å²) >= 11 is 1.54. The largest absolute Gasteiger partial charge is 0.494 e. The Hall–Kier alpha value is -3.06. The number of thiophene rings is 1. The molecule has 0 radical (unpaired) electrons. The molecule has 0 bridgehead atoms. The number of benzene rings is 2. The molecule has 0 fully saturated rings. The Kier molecular flexibility index (Phi) is 5.15. The van der Waals surface area contributed by atoms with Crippen molar-refractivity contribution in [2.24, 2.45) is 0 Å². The molecule has 148 valence electrons. The lowest BCUT2D eigenvalue weighted by molar-refractivity contribution is 0.340. The molecule has 0 amide bonds. The summed E-state index contributed by atoms with van der Waals surface area (Å²) in [6, 6.07) is 11.1. The predicted molar refractivity (Wildman–Crippen MR) is 113 cm³/mol. The standard InChI is InChI=1S/C22H19F2N3OS/c1-4-28-16-8-5-14(6-9-16)19-12(2)29-22-20(19)21(25-13(3)26-22)27-18-11-15(23)7-10-17(18)24/h5-11H,4H2,1-3H3,(H,25,26,27). The van der Waals surface area contributed by atoms with Crippen molar-refractivity contribution in [1.29, 1.82) is 0 Å². The number of rotatable bonds is 5. The third-order valence-electron chi connectivity index (χ3n) is 4.47. The fourth-order valence-electron chi connectivity index (χ4n) is 3.26. The van der Waals surface area contributed by atoms with Crippen LogP contribution in [0.2, 0.25) is 0 Å². The molecular formula is C22H19F2N3OS. The summed E-state index contributed by atoms with van der Waals surface area (Å²) in [5.74, 6) is 0.719. The average Bonchev–Trinajstić information content (AvgIpc) is 3.01. The van der Waals surface area contributed by atoms with E-state index in [1.165, 1.54) is 0 Å². The van der Waals surface area contributed by atoms with Crippen LogP contribution in [0.4, 0.5) is 20.3 Å². The zero-order chi connectivity index (χ0) is 20.5. The highest BCUT2D eigenvalue weighted by Gasteiger charge is 2.19. The van der Waals surface area contributed by atoms with Crippen molar-refractivity contribution in [3.8, 4) is 16.9 Å². The Balaban J connectivity index is 1.88. The van der Waals surface area contributed by atoms with Gasteiger partial charge >= 0.3 is 0 Å². The second kappa shape index (κ2) is 7.75. The van der Waals surface area contributed by atoms with Crippen molar-refractivity contribution in [3.63, 3.8) is 0 Å². The summed E-state index contributed by atoms with van der Waals surface area (Å²) in [6.45, 7) is 6.33. The molecule has 4 nitrogen and oxygen atoms in total. The number of hydrogen-bond acceptors (Lipinski definition) is 5. The number of anilines is 2. The smallest absolute Gasteiger partial charge is 0.146 e. The van der Waals surface area contributed by atoms with Crippen LogP contribution in [0.1, 0.15) is 17.6 Å². The molecule has 0 atom stereocenters. The normalized spacial score (nSPS) is 11.1. The molecular weight excluding hydrogens is 392 g/mol. The van der Waals surface area contributed by atoms with Gasteiger partial charge in [-0.3, -0.25) is 0 Å². The lowest BCUT2D eigenvalue weighted by Gasteiger charge is -2.11. The number of hydrogen-bond donors (Lipinski definition) is 1. The predicted octanol–water partition coefficient (Wildman–Crippen LogP) is 6.40. The summed E-state index contributed by atoms with van der Waals surface area (Å²) in [5.41, 5.74) is 1.98. The Morgan fingerprint density at radius 2 is 1.79 bits per heavy atom. The quantitative estimate of drug-likeness (QED) is 0.413. The maximum Gasteiger partial charge on any atom is 0.146 e. The molecule has 0 aliphatic heterocycles. The van der Waals surface area contributed by atoms with Crippen LogP contribution in [-0.4, -0.2) is 16.6 Å². The second-order valence-electron chi connectivity index (χ2n) is 6.54. The van der Waals surface area contributed by atoms with E-state index in [1.54, 1.807) is 18.3 Å². The van der Waals surface area contributed by atoms with Gasteiger partial charge in [0.05, 0.1) is 17.7 Å². The first kappa shape index (κ1) is 19.3. The van der Waals surface area contributed by atoms with E-state index >= 15 is 0 Å². The van der Waals surface area contributed by atoms with Crippen molar-refractivity contribution in [3.05, 3.63) is 64.8 Å². The van der Waals surface area contributed by atoms with E-state index in [-0.39, 0.29) is 5.69 Å². The van der Waals surface area contributed by atoms with E-state index in [4.69, 9.17) is 4.74 Å². The van der Waals surface area contributed by atoms with Gasteiger partial charge in [-0.25, -0.2) is 18.7 Å². The van der Waals surface area contributed by atoms with Crippen LogP contribution in [0.5, 0.6) is 5.75 Å². The molecule has 7 heteroatoms. The van der Waals surface area contributed by atoms with Crippen LogP contribution in [0.15, 0.2) is 42.5 Å². The topological polar surface area (TPSA) is 47.0 Å². The number of nitrogens with zero attached hydrogens (tertiary/aromatic N) is 2. The minimum atomic E-state index is -0.551. The van der Waals surface area contributed by atoms with Gasteiger partial charge in [-0.05, 0) is 50.6 Å². The summed E-state index contributed by atoms with van der Waals surface area (Å²) < 4.78 is 33.4. The molecule has 2 aromatic carbocycles. The van der Waals surface area contributed by atoms with Crippen LogP contribution in [0, 0.1) is 25.5 Å². The second-order valence-corrected chi connectivity index (χ2v) is 7.74. The van der Waals surface area contributed by atoms with Crippen LogP contribution in [0.25, 0.3) is 21.3 Å². The van der Waals surface area contributed by atoms with Crippen molar-refractivity contribution >= 4 is 33.1 Å². The first-order chi connectivity index (χ1) is 14.0. The monoisotopic (exact) mass is 411 g/mol. The Labute approximate surface area is 171 Å². The number of aryl methyl sites for hydroxylation is 2. The van der Waals surface area contributed by atoms with Gasteiger partial charge in [0.25, 0.3) is 0 Å². The molecule has 1 N–H and O–H groups in total. The van der Waals surface area contributed by atoms with Gasteiger partial charge in [-0.2, -0.15) is 0 Å². The van der Waals surface area contributed by atoms with Gasteiger partial charge in [0.1, 0.15) is 33.9 Å².